The molecule has 0 bridgehead atoms. The Morgan fingerprint density at radius 1 is 1.08 bits per heavy atom. The Kier molecular flexibility index (Phi) is 6.36. The zero-order valence-electron chi connectivity index (χ0n) is 14.0. The molecule has 1 amide bonds. The number of carbonyl (C=O) groups excluding carboxylic acids is 1. The molecule has 1 aliphatic rings. The molecule has 1 fully saturated rings. The number of hydrogen-bond acceptors (Lipinski definition) is 5. The van der Waals surface area contributed by atoms with Crippen LogP contribution in [0.25, 0.3) is 0 Å². The van der Waals surface area contributed by atoms with Crippen LogP contribution in [-0.2, 0) is 11.3 Å². The molecule has 0 unspecified atom stereocenters. The summed E-state index contributed by atoms with van der Waals surface area (Å²) in [6.45, 7) is 0.654. The van der Waals surface area contributed by atoms with Gasteiger partial charge in [-0.1, -0.05) is 30.3 Å². The molecule has 6 nitrogen and oxygen atoms in total. The van der Waals surface area contributed by atoms with Gasteiger partial charge < -0.3 is 24.3 Å². The topological polar surface area (TPSA) is 66.0 Å². The Hall–Kier alpha value is -2.60. The van der Waals surface area contributed by atoms with Gasteiger partial charge >= 0.3 is 6.09 Å². The Morgan fingerprint density at radius 2 is 1.76 bits per heavy atom. The predicted octanol–water partition coefficient (Wildman–Crippen LogP) is 3.49. The summed E-state index contributed by atoms with van der Waals surface area (Å²) in [7, 11) is 3.13. The summed E-state index contributed by atoms with van der Waals surface area (Å²) >= 11 is 0. The second-order valence-electron chi connectivity index (χ2n) is 5.31. The van der Waals surface area contributed by atoms with Crippen LogP contribution in [0.15, 0.2) is 42.5 Å². The third-order valence-corrected chi connectivity index (χ3v) is 3.80. The van der Waals surface area contributed by atoms with Crippen molar-refractivity contribution in [2.45, 2.75) is 12.6 Å². The zero-order chi connectivity index (χ0) is 16.9. The Labute approximate surface area is 152 Å². The third kappa shape index (κ3) is 4.28. The third-order valence-electron chi connectivity index (χ3n) is 3.80. The van der Waals surface area contributed by atoms with Gasteiger partial charge in [0.25, 0.3) is 0 Å². The van der Waals surface area contributed by atoms with Gasteiger partial charge in [-0.05, 0) is 11.6 Å². The van der Waals surface area contributed by atoms with Crippen molar-refractivity contribution in [1.82, 2.24) is 5.32 Å². The molecule has 0 spiro atoms. The summed E-state index contributed by atoms with van der Waals surface area (Å²) in [5, 5.41) is 2.76. The van der Waals surface area contributed by atoms with E-state index in [4.69, 9.17) is 18.9 Å². The van der Waals surface area contributed by atoms with E-state index in [9.17, 15) is 4.79 Å². The van der Waals surface area contributed by atoms with Gasteiger partial charge in [0.1, 0.15) is 19.0 Å². The van der Waals surface area contributed by atoms with Crippen LogP contribution in [0.1, 0.15) is 17.2 Å². The standard InChI is InChI=1S/C18H19NO5.ClH/c1-21-16-8-13(14-11-24-18(20)19-14)15(9-17(16)22-2)23-10-12-6-4-3-5-7-12;/h3-9,14H,10-11H2,1-2H3,(H,19,20);1H/t14-;/m1./s1. The van der Waals surface area contributed by atoms with Crippen molar-refractivity contribution < 1.29 is 23.7 Å². The van der Waals surface area contributed by atoms with Gasteiger partial charge in [-0.25, -0.2) is 4.79 Å². The molecule has 1 aliphatic heterocycles. The summed E-state index contributed by atoms with van der Waals surface area (Å²) < 4.78 is 21.7. The van der Waals surface area contributed by atoms with Crippen LogP contribution in [-0.4, -0.2) is 26.9 Å². The fourth-order valence-corrected chi connectivity index (χ4v) is 2.56. The summed E-state index contributed by atoms with van der Waals surface area (Å²) in [4.78, 5) is 11.4. The number of ether oxygens (including phenoxy) is 4. The normalized spacial score (nSPS) is 15.6. The van der Waals surface area contributed by atoms with Crippen LogP contribution >= 0.6 is 12.4 Å². The van der Waals surface area contributed by atoms with E-state index in [-0.39, 0.29) is 25.1 Å². The Balaban J connectivity index is 0.00000225. The van der Waals surface area contributed by atoms with Crippen molar-refractivity contribution in [3.05, 3.63) is 53.6 Å². The molecular weight excluding hydrogens is 346 g/mol. The quantitative estimate of drug-likeness (QED) is 0.848. The number of halogens is 1. The molecule has 1 saturated heterocycles. The lowest BCUT2D eigenvalue weighted by Gasteiger charge is -2.18. The van der Waals surface area contributed by atoms with Crippen molar-refractivity contribution in [3.63, 3.8) is 0 Å². The first-order valence-electron chi connectivity index (χ1n) is 7.57. The molecule has 2 aromatic carbocycles. The van der Waals surface area contributed by atoms with E-state index in [1.807, 2.05) is 30.3 Å². The van der Waals surface area contributed by atoms with Crippen molar-refractivity contribution in [1.29, 1.82) is 0 Å². The minimum Gasteiger partial charge on any atom is -0.493 e. The molecule has 0 radical (unpaired) electrons. The van der Waals surface area contributed by atoms with Crippen molar-refractivity contribution in [2.75, 3.05) is 20.8 Å². The van der Waals surface area contributed by atoms with Crippen LogP contribution in [0.4, 0.5) is 4.79 Å². The lowest BCUT2D eigenvalue weighted by atomic mass is 10.1. The minimum atomic E-state index is -0.441. The molecule has 7 heteroatoms. The number of benzene rings is 2. The molecule has 1 heterocycles. The highest BCUT2D eigenvalue weighted by Crippen LogP contribution is 2.38. The summed E-state index contributed by atoms with van der Waals surface area (Å²) in [6.07, 6.45) is -0.441. The Morgan fingerprint density at radius 3 is 2.36 bits per heavy atom. The molecule has 134 valence electrons. The van der Waals surface area contributed by atoms with Crippen LogP contribution < -0.4 is 19.5 Å². The van der Waals surface area contributed by atoms with E-state index in [1.165, 1.54) is 0 Å². The Bertz CT molecular complexity index is 723. The molecule has 1 atom stereocenters. The van der Waals surface area contributed by atoms with Crippen LogP contribution in [0.2, 0.25) is 0 Å². The molecular formula is C18H20ClNO5. The number of carbonyl (C=O) groups is 1. The lowest BCUT2D eigenvalue weighted by Crippen LogP contribution is -2.19. The molecule has 1 N–H and O–H groups in total. The minimum absolute atomic E-state index is 0. The van der Waals surface area contributed by atoms with E-state index in [2.05, 4.69) is 5.32 Å². The number of methoxy groups -OCH3 is 2. The second-order valence-corrected chi connectivity index (χ2v) is 5.31. The molecule has 0 aliphatic carbocycles. The fourth-order valence-electron chi connectivity index (χ4n) is 2.56. The van der Waals surface area contributed by atoms with Gasteiger partial charge in [0.05, 0.1) is 20.3 Å². The number of nitrogens with one attached hydrogen (secondary N) is 1. The summed E-state index contributed by atoms with van der Waals surface area (Å²) in [6, 6.07) is 13.1. The van der Waals surface area contributed by atoms with Gasteiger partial charge in [-0.3, -0.25) is 0 Å². The smallest absolute Gasteiger partial charge is 0.407 e. The average molecular weight is 366 g/mol. The second kappa shape index (κ2) is 8.48. The van der Waals surface area contributed by atoms with Crippen molar-refractivity contribution >= 4 is 18.5 Å². The van der Waals surface area contributed by atoms with Gasteiger partial charge in [0.15, 0.2) is 11.5 Å². The highest BCUT2D eigenvalue weighted by molar-refractivity contribution is 5.85. The molecule has 25 heavy (non-hydrogen) atoms. The highest BCUT2D eigenvalue weighted by Gasteiger charge is 2.28. The largest absolute Gasteiger partial charge is 0.493 e. The van der Waals surface area contributed by atoms with Crippen LogP contribution in [0.3, 0.4) is 0 Å². The lowest BCUT2D eigenvalue weighted by molar-refractivity contribution is 0.176. The van der Waals surface area contributed by atoms with E-state index in [0.29, 0.717) is 23.9 Å². The number of rotatable bonds is 6. The maximum atomic E-state index is 11.4. The van der Waals surface area contributed by atoms with Gasteiger partial charge in [-0.15, -0.1) is 12.4 Å². The van der Waals surface area contributed by atoms with E-state index < -0.39 is 6.09 Å². The number of amides is 1. The first-order valence-corrected chi connectivity index (χ1v) is 7.57. The van der Waals surface area contributed by atoms with Crippen LogP contribution in [0.5, 0.6) is 17.2 Å². The first-order chi connectivity index (χ1) is 11.7. The van der Waals surface area contributed by atoms with E-state index in [0.717, 1.165) is 11.1 Å². The van der Waals surface area contributed by atoms with Crippen molar-refractivity contribution in [2.24, 2.45) is 0 Å². The molecule has 0 saturated carbocycles. The number of cyclic esters (lactones) is 1. The van der Waals surface area contributed by atoms with E-state index in [1.54, 1.807) is 26.4 Å². The van der Waals surface area contributed by atoms with Gasteiger partial charge in [-0.2, -0.15) is 0 Å². The van der Waals surface area contributed by atoms with Gasteiger partial charge in [0.2, 0.25) is 0 Å². The molecule has 2 aromatic rings. The molecule has 0 aromatic heterocycles. The number of hydrogen-bond donors (Lipinski definition) is 1. The van der Waals surface area contributed by atoms with Gasteiger partial charge in [0, 0.05) is 11.6 Å². The maximum Gasteiger partial charge on any atom is 0.407 e. The monoisotopic (exact) mass is 365 g/mol. The van der Waals surface area contributed by atoms with Crippen LogP contribution in [0, 0.1) is 0 Å². The van der Waals surface area contributed by atoms with E-state index >= 15 is 0 Å². The summed E-state index contributed by atoms with van der Waals surface area (Å²) in [5.74, 6) is 1.75. The zero-order valence-corrected chi connectivity index (χ0v) is 14.8. The highest BCUT2D eigenvalue weighted by atomic mass is 35.5. The SMILES string of the molecule is COc1cc(OCc2ccccc2)c([C@H]2COC(=O)N2)cc1OC.Cl. The summed E-state index contributed by atoms with van der Waals surface area (Å²) in [5.41, 5.74) is 1.83. The first kappa shape index (κ1) is 18.7. The van der Waals surface area contributed by atoms with Crippen molar-refractivity contribution in [3.8, 4) is 17.2 Å². The maximum absolute atomic E-state index is 11.4. The number of alkyl carbamates (subject to hydrolysis) is 1. The predicted molar refractivity (Wildman–Crippen MR) is 94.8 cm³/mol. The average Bonchev–Trinajstić information content (AvgIpc) is 3.06. The molecule has 3 rings (SSSR count). The fraction of sp³-hybridized carbons (Fsp3) is 0.278.